The summed E-state index contributed by atoms with van der Waals surface area (Å²) in [5.74, 6) is -0.0845. The molecule has 242 valence electrons. The monoisotopic (exact) mass is 615 g/mol. The van der Waals surface area contributed by atoms with E-state index in [1.165, 1.54) is 32.4 Å². The molecule has 4 amide bonds. The Balaban J connectivity index is 1.09. The average molecular weight is 616 g/mol. The molecule has 6 rings (SSSR count). The van der Waals surface area contributed by atoms with Crippen molar-refractivity contribution in [3.63, 3.8) is 0 Å². The van der Waals surface area contributed by atoms with Gasteiger partial charge in [0.05, 0.1) is 5.92 Å². The lowest BCUT2D eigenvalue weighted by Crippen LogP contribution is -2.52. The Morgan fingerprint density at radius 2 is 1.49 bits per heavy atom. The van der Waals surface area contributed by atoms with E-state index in [4.69, 9.17) is 0 Å². The number of phenols is 1. The number of phenolic OH excluding ortho intramolecular Hbond substituents is 1. The van der Waals surface area contributed by atoms with Gasteiger partial charge >= 0.3 is 6.03 Å². The van der Waals surface area contributed by atoms with Crippen molar-refractivity contribution in [2.75, 3.05) is 44.6 Å². The Morgan fingerprint density at radius 1 is 0.867 bits per heavy atom. The van der Waals surface area contributed by atoms with Gasteiger partial charge in [-0.3, -0.25) is 9.59 Å². The summed E-state index contributed by atoms with van der Waals surface area (Å²) in [5, 5.41) is 13.4. The maximum absolute atomic E-state index is 14.1. The van der Waals surface area contributed by atoms with Crippen molar-refractivity contribution in [2.45, 2.75) is 90.3 Å². The van der Waals surface area contributed by atoms with Crippen molar-refractivity contribution in [3.05, 3.63) is 58.7 Å². The third-order valence-electron chi connectivity index (χ3n) is 10.6. The molecule has 0 saturated carbocycles. The number of amides is 4. The van der Waals surface area contributed by atoms with Gasteiger partial charge in [0, 0.05) is 56.9 Å². The number of carbonyl (C=O) groups is 3. The topological polar surface area (TPSA) is 96.4 Å². The summed E-state index contributed by atoms with van der Waals surface area (Å²) in [6, 6.07) is 12.3. The van der Waals surface area contributed by atoms with Crippen LogP contribution in [0.25, 0.3) is 0 Å². The summed E-state index contributed by atoms with van der Waals surface area (Å²) in [6.07, 6.45) is 7.93. The fraction of sp³-hybridized carbons (Fsp3) is 0.583. The molecule has 0 spiro atoms. The van der Waals surface area contributed by atoms with Crippen LogP contribution in [0.5, 0.6) is 5.75 Å². The highest BCUT2D eigenvalue weighted by molar-refractivity contribution is 5.92. The van der Waals surface area contributed by atoms with Crippen molar-refractivity contribution < 1.29 is 19.5 Å². The zero-order chi connectivity index (χ0) is 31.5. The zero-order valence-corrected chi connectivity index (χ0v) is 27.0. The van der Waals surface area contributed by atoms with Crippen molar-refractivity contribution >= 4 is 23.5 Å². The number of nitrogens with zero attached hydrogens (tertiary/aromatic N) is 4. The average Bonchev–Trinajstić information content (AvgIpc) is 3.06. The van der Waals surface area contributed by atoms with E-state index in [2.05, 4.69) is 10.2 Å². The van der Waals surface area contributed by atoms with Crippen molar-refractivity contribution in [1.82, 2.24) is 19.6 Å². The van der Waals surface area contributed by atoms with Gasteiger partial charge in [0.2, 0.25) is 11.8 Å². The van der Waals surface area contributed by atoms with Crippen LogP contribution in [0.2, 0.25) is 0 Å². The predicted molar refractivity (Wildman–Crippen MR) is 175 cm³/mol. The fourth-order valence-electron chi connectivity index (χ4n) is 7.97. The van der Waals surface area contributed by atoms with Gasteiger partial charge in [0.1, 0.15) is 5.75 Å². The van der Waals surface area contributed by atoms with E-state index in [-0.39, 0.29) is 36.1 Å². The van der Waals surface area contributed by atoms with Crippen LogP contribution < -0.4 is 5.32 Å². The number of hydrogen-bond acceptors (Lipinski definition) is 5. The van der Waals surface area contributed by atoms with E-state index in [0.29, 0.717) is 32.1 Å². The highest BCUT2D eigenvalue weighted by Gasteiger charge is 2.36. The van der Waals surface area contributed by atoms with Crippen LogP contribution in [0.1, 0.15) is 73.6 Å². The number of anilines is 1. The van der Waals surface area contributed by atoms with Gasteiger partial charge in [-0.05, 0) is 100 Å². The molecule has 2 N–H and O–H groups in total. The van der Waals surface area contributed by atoms with Crippen molar-refractivity contribution in [3.8, 4) is 5.75 Å². The number of fused-ring (bicyclic) bond motifs is 1. The maximum atomic E-state index is 14.1. The Morgan fingerprint density at radius 3 is 2.18 bits per heavy atom. The number of urea groups is 1. The number of piperidine rings is 3. The molecule has 9 nitrogen and oxygen atoms in total. The number of carbonyl (C=O) groups excluding carboxylic acids is 3. The highest BCUT2D eigenvalue weighted by atomic mass is 16.3. The molecule has 2 aromatic carbocycles. The Labute approximate surface area is 267 Å². The fourth-order valence-corrected chi connectivity index (χ4v) is 7.97. The minimum Gasteiger partial charge on any atom is -0.507 e. The first-order chi connectivity index (χ1) is 21.8. The standard InChI is InChI=1S/C36H49N5O4/c1-25-20-27(21-26(2)34(25)43)22-29(35(44)40-18-10-30(11-19-40)38-14-6-3-7-15-38)23-33(42)39-16-12-31(13-17-39)41-24-28-8-4-5-9-32(28)37-36(41)45/h4-5,8-9,20-21,29-31,43H,3,6-7,10-19,22-24H2,1-2H3,(H,37,45). The molecule has 1 atom stereocenters. The molecule has 4 aliphatic heterocycles. The van der Waals surface area contributed by atoms with Gasteiger partial charge < -0.3 is 30.0 Å². The Bertz CT molecular complexity index is 1370. The van der Waals surface area contributed by atoms with Crippen molar-refractivity contribution in [1.29, 1.82) is 0 Å². The molecule has 9 heteroatoms. The van der Waals surface area contributed by atoms with Crippen LogP contribution in [-0.2, 0) is 22.6 Å². The number of para-hydroxylation sites is 1. The third-order valence-corrected chi connectivity index (χ3v) is 10.6. The molecule has 0 aliphatic carbocycles. The summed E-state index contributed by atoms with van der Waals surface area (Å²) in [5.41, 5.74) is 4.54. The first kappa shape index (κ1) is 31.4. The van der Waals surface area contributed by atoms with Gasteiger partial charge in [-0.2, -0.15) is 0 Å². The van der Waals surface area contributed by atoms with E-state index in [1.807, 2.05) is 64.9 Å². The number of benzene rings is 2. The summed E-state index contributed by atoms with van der Waals surface area (Å²) in [6.45, 7) is 9.31. The molecule has 4 aliphatic rings. The van der Waals surface area contributed by atoms with Crippen LogP contribution in [0, 0.1) is 19.8 Å². The second-order valence-corrected chi connectivity index (χ2v) is 13.7. The quantitative estimate of drug-likeness (QED) is 0.453. The molecule has 1 unspecified atom stereocenters. The van der Waals surface area contributed by atoms with Gasteiger partial charge in [-0.25, -0.2) is 4.79 Å². The summed E-state index contributed by atoms with van der Waals surface area (Å²) in [7, 11) is 0. The maximum Gasteiger partial charge on any atom is 0.322 e. The normalized spacial score (nSPS) is 20.9. The van der Waals surface area contributed by atoms with E-state index in [0.717, 1.165) is 66.7 Å². The lowest BCUT2D eigenvalue weighted by atomic mass is 9.90. The van der Waals surface area contributed by atoms with Gasteiger partial charge in [-0.1, -0.05) is 36.8 Å². The number of nitrogens with one attached hydrogen (secondary N) is 1. The van der Waals surface area contributed by atoms with E-state index >= 15 is 0 Å². The molecule has 2 aromatic rings. The molecule has 0 bridgehead atoms. The molecular formula is C36H49N5O4. The smallest absolute Gasteiger partial charge is 0.322 e. The highest BCUT2D eigenvalue weighted by Crippen LogP contribution is 2.30. The van der Waals surface area contributed by atoms with Crippen LogP contribution in [0.15, 0.2) is 36.4 Å². The number of likely N-dealkylation sites (tertiary alicyclic amines) is 3. The largest absolute Gasteiger partial charge is 0.507 e. The molecular weight excluding hydrogens is 566 g/mol. The Hall–Kier alpha value is -3.59. The SMILES string of the molecule is Cc1cc(CC(CC(=O)N2CCC(N3Cc4ccccc4NC3=O)CC2)C(=O)N2CCC(N3CCCCC3)CC2)cc(C)c1O. The minimum atomic E-state index is -0.450. The van der Waals surface area contributed by atoms with Crippen LogP contribution in [-0.4, -0.2) is 93.9 Å². The summed E-state index contributed by atoms with van der Waals surface area (Å²) in [4.78, 5) is 49.1. The van der Waals surface area contributed by atoms with Gasteiger partial charge in [0.15, 0.2) is 0 Å². The Kier molecular flexibility index (Phi) is 9.64. The summed E-state index contributed by atoms with van der Waals surface area (Å²) < 4.78 is 0. The molecule has 3 saturated heterocycles. The predicted octanol–water partition coefficient (Wildman–Crippen LogP) is 5.07. The first-order valence-electron chi connectivity index (χ1n) is 17.0. The number of rotatable bonds is 7. The molecule has 0 aromatic heterocycles. The number of hydrogen-bond donors (Lipinski definition) is 2. The molecule has 0 radical (unpaired) electrons. The zero-order valence-electron chi connectivity index (χ0n) is 27.0. The molecule has 3 fully saturated rings. The lowest BCUT2D eigenvalue weighted by Gasteiger charge is -2.41. The van der Waals surface area contributed by atoms with Crippen molar-refractivity contribution in [2.24, 2.45) is 5.92 Å². The number of aromatic hydroxyl groups is 1. The van der Waals surface area contributed by atoms with Crippen LogP contribution in [0.3, 0.4) is 0 Å². The van der Waals surface area contributed by atoms with E-state index in [1.54, 1.807) is 0 Å². The third kappa shape index (κ3) is 7.13. The number of aryl methyl sites for hydroxylation is 2. The minimum absolute atomic E-state index is 0.00988. The lowest BCUT2D eigenvalue weighted by molar-refractivity contribution is -0.143. The second kappa shape index (κ2) is 13.8. The molecule has 45 heavy (non-hydrogen) atoms. The van der Waals surface area contributed by atoms with Gasteiger partial charge in [-0.15, -0.1) is 0 Å². The van der Waals surface area contributed by atoms with Gasteiger partial charge in [0.25, 0.3) is 0 Å². The van der Waals surface area contributed by atoms with Crippen LogP contribution >= 0.6 is 0 Å². The second-order valence-electron chi connectivity index (χ2n) is 13.7. The van der Waals surface area contributed by atoms with E-state index < -0.39 is 5.92 Å². The first-order valence-corrected chi connectivity index (χ1v) is 17.0. The summed E-state index contributed by atoms with van der Waals surface area (Å²) >= 11 is 0. The molecule has 4 heterocycles. The van der Waals surface area contributed by atoms with E-state index in [9.17, 15) is 19.5 Å². The van der Waals surface area contributed by atoms with Crippen LogP contribution in [0.4, 0.5) is 10.5 Å².